The molecule has 3 aromatic heterocycles. The van der Waals surface area contributed by atoms with Crippen LogP contribution >= 0.6 is 11.8 Å². The average molecular weight is 448 g/mol. The number of aromatic nitrogens is 4. The van der Waals surface area contributed by atoms with Crippen molar-refractivity contribution in [3.8, 4) is 0 Å². The minimum absolute atomic E-state index is 0.541. The predicted molar refractivity (Wildman–Crippen MR) is 127 cm³/mol. The first kappa shape index (κ1) is 20.7. The van der Waals surface area contributed by atoms with E-state index in [0.29, 0.717) is 11.8 Å². The summed E-state index contributed by atoms with van der Waals surface area (Å²) >= 11 is 1.55. The predicted octanol–water partition coefficient (Wildman–Crippen LogP) is 3.77. The van der Waals surface area contributed by atoms with Gasteiger partial charge in [0.2, 0.25) is 0 Å². The van der Waals surface area contributed by atoms with E-state index in [1.54, 1.807) is 18.7 Å². The number of oxime groups is 1. The molecule has 0 bridgehead atoms. The summed E-state index contributed by atoms with van der Waals surface area (Å²) in [4.78, 5) is 10.5. The SMILES string of the molecule is C/C(=N\O)c1ccc2nnc(Sc3ccc4ncc(N5CC[C@H](N(C)C)C5)cc4c3)n2c1. The highest BCUT2D eigenvalue weighted by atomic mass is 32.2. The molecule has 1 aliphatic heterocycles. The molecule has 4 heterocycles. The van der Waals surface area contributed by atoms with E-state index in [-0.39, 0.29) is 0 Å². The average Bonchev–Trinajstić information content (AvgIpc) is 3.46. The Morgan fingerprint density at radius 1 is 1.19 bits per heavy atom. The van der Waals surface area contributed by atoms with Crippen molar-refractivity contribution in [3.05, 3.63) is 54.4 Å². The number of likely N-dealkylation sites (N-methyl/N-ethyl adjacent to an activating group) is 1. The lowest BCUT2D eigenvalue weighted by molar-refractivity contribution is 0.315. The lowest BCUT2D eigenvalue weighted by atomic mass is 10.2. The van der Waals surface area contributed by atoms with Gasteiger partial charge >= 0.3 is 0 Å². The van der Waals surface area contributed by atoms with Gasteiger partial charge in [-0.3, -0.25) is 9.38 Å². The maximum atomic E-state index is 9.09. The molecule has 0 saturated carbocycles. The Kier molecular flexibility index (Phi) is 5.44. The van der Waals surface area contributed by atoms with Crippen molar-refractivity contribution in [1.29, 1.82) is 0 Å². The minimum Gasteiger partial charge on any atom is -0.411 e. The zero-order valence-corrected chi connectivity index (χ0v) is 19.1. The van der Waals surface area contributed by atoms with E-state index in [2.05, 4.69) is 62.4 Å². The third-order valence-electron chi connectivity index (χ3n) is 6.05. The molecule has 164 valence electrons. The molecule has 0 amide bonds. The van der Waals surface area contributed by atoms with Gasteiger partial charge in [-0.15, -0.1) is 10.2 Å². The van der Waals surface area contributed by atoms with Crippen LogP contribution in [0.25, 0.3) is 16.6 Å². The summed E-state index contributed by atoms with van der Waals surface area (Å²) in [5.41, 5.74) is 4.25. The monoisotopic (exact) mass is 447 g/mol. The first-order valence-electron chi connectivity index (χ1n) is 10.5. The van der Waals surface area contributed by atoms with Crippen LogP contribution in [0, 0.1) is 0 Å². The maximum Gasteiger partial charge on any atom is 0.200 e. The number of benzene rings is 1. The summed E-state index contributed by atoms with van der Waals surface area (Å²) in [6.45, 7) is 3.84. The number of hydrogen-bond donors (Lipinski definition) is 1. The zero-order valence-electron chi connectivity index (χ0n) is 18.3. The smallest absolute Gasteiger partial charge is 0.200 e. The van der Waals surface area contributed by atoms with Crippen molar-refractivity contribution in [2.75, 3.05) is 32.1 Å². The van der Waals surface area contributed by atoms with E-state index in [1.807, 2.05) is 35.0 Å². The van der Waals surface area contributed by atoms with Crippen LogP contribution < -0.4 is 4.90 Å². The van der Waals surface area contributed by atoms with Crippen molar-refractivity contribution in [1.82, 2.24) is 24.5 Å². The molecular formula is C23H25N7OS. The zero-order chi connectivity index (χ0) is 22.2. The molecule has 5 rings (SSSR count). The lowest BCUT2D eigenvalue weighted by Gasteiger charge is -2.21. The van der Waals surface area contributed by atoms with Gasteiger partial charge in [0.25, 0.3) is 0 Å². The van der Waals surface area contributed by atoms with Crippen LogP contribution in [0.2, 0.25) is 0 Å². The van der Waals surface area contributed by atoms with E-state index in [9.17, 15) is 0 Å². The molecule has 8 nitrogen and oxygen atoms in total. The topological polar surface area (TPSA) is 82.1 Å². The molecule has 1 aliphatic rings. The second kappa shape index (κ2) is 8.40. The quantitative estimate of drug-likeness (QED) is 0.283. The highest BCUT2D eigenvalue weighted by Gasteiger charge is 2.24. The Morgan fingerprint density at radius 3 is 2.84 bits per heavy atom. The van der Waals surface area contributed by atoms with E-state index in [0.717, 1.165) is 45.3 Å². The molecule has 1 aromatic carbocycles. The summed E-state index contributed by atoms with van der Waals surface area (Å²) in [5, 5.41) is 22.9. The van der Waals surface area contributed by atoms with Crippen molar-refractivity contribution < 1.29 is 5.21 Å². The molecule has 0 unspecified atom stereocenters. The van der Waals surface area contributed by atoms with Crippen LogP contribution in [0.15, 0.2) is 64.0 Å². The van der Waals surface area contributed by atoms with Gasteiger partial charge < -0.3 is 15.0 Å². The first-order valence-corrected chi connectivity index (χ1v) is 11.4. The Hall–Kier alpha value is -3.17. The molecule has 1 saturated heterocycles. The summed E-state index contributed by atoms with van der Waals surface area (Å²) in [5.74, 6) is 0. The second-order valence-corrected chi connectivity index (χ2v) is 9.36. The van der Waals surface area contributed by atoms with Gasteiger partial charge in [0.05, 0.1) is 23.1 Å². The van der Waals surface area contributed by atoms with Gasteiger partial charge in [-0.2, -0.15) is 0 Å². The minimum atomic E-state index is 0.541. The Balaban J connectivity index is 1.44. The molecule has 4 aromatic rings. The fourth-order valence-corrected chi connectivity index (χ4v) is 4.91. The Bertz CT molecular complexity index is 1320. The van der Waals surface area contributed by atoms with Crippen molar-refractivity contribution >= 4 is 39.7 Å². The van der Waals surface area contributed by atoms with Crippen molar-refractivity contribution in [2.24, 2.45) is 5.16 Å². The highest BCUT2D eigenvalue weighted by Crippen LogP contribution is 2.31. The first-order chi connectivity index (χ1) is 15.5. The number of anilines is 1. The van der Waals surface area contributed by atoms with E-state index in [1.165, 1.54) is 12.1 Å². The molecule has 32 heavy (non-hydrogen) atoms. The van der Waals surface area contributed by atoms with E-state index < -0.39 is 0 Å². The van der Waals surface area contributed by atoms with Gasteiger partial charge in [-0.25, -0.2) is 0 Å². The molecule has 0 aliphatic carbocycles. The Labute approximate surface area is 190 Å². The standard InChI is InChI=1S/C23H25N7OS/c1-15(27-31)16-4-7-22-25-26-23(30(22)13-16)32-20-5-6-21-17(11-20)10-19(12-24-21)29-9-8-18(14-29)28(2)3/h4-7,10-13,18,31H,8-9,14H2,1-3H3/b27-15+/t18-/m0/s1. The van der Waals surface area contributed by atoms with Crippen LogP contribution in [0.4, 0.5) is 5.69 Å². The van der Waals surface area contributed by atoms with Crippen LogP contribution in [-0.4, -0.2) is 68.6 Å². The van der Waals surface area contributed by atoms with Crippen LogP contribution in [0.1, 0.15) is 18.9 Å². The number of pyridine rings is 2. The summed E-state index contributed by atoms with van der Waals surface area (Å²) in [7, 11) is 4.29. The molecule has 9 heteroatoms. The molecule has 1 N–H and O–H groups in total. The van der Waals surface area contributed by atoms with Gasteiger partial charge in [0.1, 0.15) is 0 Å². The number of nitrogens with zero attached hydrogens (tertiary/aromatic N) is 7. The third-order valence-corrected chi connectivity index (χ3v) is 7.00. The van der Waals surface area contributed by atoms with Crippen LogP contribution in [0.3, 0.4) is 0 Å². The van der Waals surface area contributed by atoms with Gasteiger partial charge in [-0.1, -0.05) is 5.16 Å². The van der Waals surface area contributed by atoms with E-state index in [4.69, 9.17) is 5.21 Å². The van der Waals surface area contributed by atoms with Crippen LogP contribution in [0.5, 0.6) is 0 Å². The number of rotatable bonds is 5. The molecule has 1 fully saturated rings. The summed E-state index contributed by atoms with van der Waals surface area (Å²) in [6, 6.07) is 12.8. The van der Waals surface area contributed by atoms with Gasteiger partial charge in [0, 0.05) is 41.2 Å². The van der Waals surface area contributed by atoms with Gasteiger partial charge in [0.15, 0.2) is 10.8 Å². The Morgan fingerprint density at radius 2 is 2.06 bits per heavy atom. The lowest BCUT2D eigenvalue weighted by Crippen LogP contribution is -2.31. The molecule has 0 radical (unpaired) electrons. The third kappa shape index (κ3) is 3.89. The highest BCUT2D eigenvalue weighted by molar-refractivity contribution is 7.99. The van der Waals surface area contributed by atoms with E-state index >= 15 is 0 Å². The maximum absolute atomic E-state index is 9.09. The fourth-order valence-electron chi connectivity index (χ4n) is 4.05. The number of hydrogen-bond acceptors (Lipinski definition) is 8. The number of fused-ring (bicyclic) bond motifs is 2. The fraction of sp³-hybridized carbons (Fsp3) is 0.304. The normalized spacial score (nSPS) is 17.2. The molecule has 0 spiro atoms. The molecule has 1 atom stereocenters. The summed E-state index contributed by atoms with van der Waals surface area (Å²) < 4.78 is 1.92. The largest absolute Gasteiger partial charge is 0.411 e. The second-order valence-electron chi connectivity index (χ2n) is 8.32. The van der Waals surface area contributed by atoms with Gasteiger partial charge in [-0.05, 0) is 75.6 Å². The van der Waals surface area contributed by atoms with Crippen molar-refractivity contribution in [2.45, 2.75) is 29.4 Å². The molecular weight excluding hydrogens is 422 g/mol. The van der Waals surface area contributed by atoms with Crippen molar-refractivity contribution in [3.63, 3.8) is 0 Å². The van der Waals surface area contributed by atoms with Crippen LogP contribution in [-0.2, 0) is 0 Å². The summed E-state index contributed by atoms with van der Waals surface area (Å²) in [6.07, 6.45) is 5.04.